The lowest BCUT2D eigenvalue weighted by Crippen LogP contribution is -2.25. The van der Waals surface area contributed by atoms with E-state index in [1.807, 2.05) is 0 Å². The maximum Gasteiger partial charge on any atom is 0.350 e. The van der Waals surface area contributed by atoms with Crippen molar-refractivity contribution in [3.63, 3.8) is 0 Å². The molecule has 2 rings (SSSR count). The van der Waals surface area contributed by atoms with Crippen LogP contribution < -0.4 is 11.1 Å². The minimum atomic E-state index is -0.791. The number of hydrogen-bond acceptors (Lipinski definition) is 11. The highest BCUT2D eigenvalue weighted by Crippen LogP contribution is 2.27. The summed E-state index contributed by atoms with van der Waals surface area (Å²) in [5.74, 6) is -1.35. The van der Waals surface area contributed by atoms with E-state index in [0.717, 1.165) is 23.1 Å². The molecule has 0 spiro atoms. The number of carbonyl (C=O) groups excluding carboxylic acids is 3. The number of amides is 1. The molecule has 2 aromatic rings. The van der Waals surface area contributed by atoms with Crippen LogP contribution in [0.4, 0.5) is 11.1 Å². The van der Waals surface area contributed by atoms with E-state index in [9.17, 15) is 14.4 Å². The number of nitrogens with zero attached hydrogens (tertiary/aromatic N) is 4. The summed E-state index contributed by atoms with van der Waals surface area (Å²) in [6, 6.07) is -0.791. The van der Waals surface area contributed by atoms with Gasteiger partial charge in [-0.15, -0.1) is 10.2 Å². The van der Waals surface area contributed by atoms with Gasteiger partial charge in [0.1, 0.15) is 10.9 Å². The van der Waals surface area contributed by atoms with Crippen LogP contribution >= 0.6 is 23.1 Å². The molecular formula is C16H22N6O5S2. The summed E-state index contributed by atoms with van der Waals surface area (Å²) >= 11 is 2.07. The number of nitrogen functional groups attached to an aromatic ring is 1. The smallest absolute Gasteiger partial charge is 0.350 e. The second-order valence-corrected chi connectivity index (χ2v) is 8.07. The Morgan fingerprint density at radius 2 is 1.97 bits per heavy atom. The fourth-order valence-corrected chi connectivity index (χ4v) is 3.87. The molecule has 0 saturated heterocycles. The van der Waals surface area contributed by atoms with Gasteiger partial charge in [0.2, 0.25) is 11.9 Å². The minimum absolute atomic E-state index is 0.00400. The van der Waals surface area contributed by atoms with Crippen molar-refractivity contribution in [1.82, 2.24) is 19.7 Å². The molecule has 0 fully saturated rings. The zero-order valence-electron chi connectivity index (χ0n) is 16.6. The Labute approximate surface area is 175 Å². The molecule has 1 atom stereocenters. The molecule has 0 aliphatic carbocycles. The Balaban J connectivity index is 2.13. The van der Waals surface area contributed by atoms with E-state index in [-0.39, 0.29) is 22.9 Å². The number of methoxy groups -OCH3 is 1. The average Bonchev–Trinajstić information content (AvgIpc) is 3.20. The van der Waals surface area contributed by atoms with Gasteiger partial charge in [0, 0.05) is 0 Å². The quantitative estimate of drug-likeness (QED) is 0.456. The van der Waals surface area contributed by atoms with Crippen molar-refractivity contribution in [2.75, 3.05) is 23.9 Å². The van der Waals surface area contributed by atoms with Crippen LogP contribution in [-0.2, 0) is 19.1 Å². The third kappa shape index (κ3) is 5.67. The molecule has 0 aliphatic rings. The van der Waals surface area contributed by atoms with Crippen molar-refractivity contribution in [3.05, 3.63) is 10.6 Å². The van der Waals surface area contributed by atoms with Gasteiger partial charge < -0.3 is 20.5 Å². The van der Waals surface area contributed by atoms with Crippen LogP contribution in [0, 0.1) is 6.92 Å². The molecular weight excluding hydrogens is 420 g/mol. The topological polar surface area (TPSA) is 151 Å². The van der Waals surface area contributed by atoms with Gasteiger partial charge in [-0.2, -0.15) is 0 Å². The van der Waals surface area contributed by atoms with E-state index in [4.69, 9.17) is 10.5 Å². The monoisotopic (exact) mass is 442 g/mol. The molecule has 0 aromatic carbocycles. The number of esters is 2. The lowest BCUT2D eigenvalue weighted by atomic mass is 10.3. The summed E-state index contributed by atoms with van der Waals surface area (Å²) in [5.41, 5.74) is 6.29. The molecule has 0 bridgehead atoms. The predicted molar refractivity (Wildman–Crippen MR) is 108 cm³/mol. The molecule has 2 aromatic heterocycles. The first kappa shape index (κ1) is 22.6. The summed E-state index contributed by atoms with van der Waals surface area (Å²) in [6.07, 6.45) is -0.264. The van der Waals surface area contributed by atoms with Gasteiger partial charge in [-0.05, 0) is 27.7 Å². The summed E-state index contributed by atoms with van der Waals surface area (Å²) in [5, 5.41) is 10.9. The Morgan fingerprint density at radius 1 is 1.28 bits per heavy atom. The van der Waals surface area contributed by atoms with Gasteiger partial charge >= 0.3 is 11.9 Å². The Kier molecular flexibility index (Phi) is 7.56. The number of thiazole rings is 1. The van der Waals surface area contributed by atoms with Crippen LogP contribution in [0.5, 0.6) is 0 Å². The maximum atomic E-state index is 12.7. The van der Waals surface area contributed by atoms with Crippen molar-refractivity contribution in [3.8, 4) is 0 Å². The Hall–Kier alpha value is -2.67. The van der Waals surface area contributed by atoms with Crippen molar-refractivity contribution in [2.45, 2.75) is 45.0 Å². The standard InChI is InChI=1S/C16H22N6O5S2/c1-7(2)27-13(25)11-8(3)18-15(29-11)19-12(24)9(4)22-14(17)20-21-16(22)28-6-10(23)26-5/h7,9H,6H2,1-5H3,(H2,17,20)(H,18,19,24). The van der Waals surface area contributed by atoms with E-state index in [0.29, 0.717) is 15.7 Å². The normalized spacial score (nSPS) is 11.9. The number of rotatable bonds is 8. The van der Waals surface area contributed by atoms with Crippen LogP contribution in [-0.4, -0.2) is 56.6 Å². The summed E-state index contributed by atoms with van der Waals surface area (Å²) in [7, 11) is 1.28. The number of anilines is 2. The number of nitrogens with one attached hydrogen (secondary N) is 1. The number of aromatic nitrogens is 4. The number of carbonyl (C=O) groups is 3. The molecule has 1 amide bonds. The lowest BCUT2D eigenvalue weighted by Gasteiger charge is -2.15. The number of nitrogens with two attached hydrogens (primary N) is 1. The highest BCUT2D eigenvalue weighted by molar-refractivity contribution is 7.99. The largest absolute Gasteiger partial charge is 0.468 e. The molecule has 2 heterocycles. The first-order chi connectivity index (χ1) is 13.6. The van der Waals surface area contributed by atoms with E-state index >= 15 is 0 Å². The first-order valence-corrected chi connectivity index (χ1v) is 10.3. The fraction of sp³-hybridized carbons (Fsp3) is 0.500. The minimum Gasteiger partial charge on any atom is -0.468 e. The van der Waals surface area contributed by atoms with Crippen LogP contribution in [0.25, 0.3) is 0 Å². The number of ether oxygens (including phenoxy) is 2. The van der Waals surface area contributed by atoms with Gasteiger partial charge in [0.05, 0.1) is 24.7 Å². The summed E-state index contributed by atoms with van der Waals surface area (Å²) in [6.45, 7) is 6.76. The van der Waals surface area contributed by atoms with Gasteiger partial charge in [-0.1, -0.05) is 23.1 Å². The van der Waals surface area contributed by atoms with E-state index in [1.165, 1.54) is 11.7 Å². The second-order valence-electron chi connectivity index (χ2n) is 6.13. The first-order valence-electron chi connectivity index (χ1n) is 8.53. The van der Waals surface area contributed by atoms with Crippen LogP contribution in [0.2, 0.25) is 0 Å². The second kappa shape index (κ2) is 9.69. The molecule has 0 aliphatic heterocycles. The average molecular weight is 443 g/mol. The van der Waals surface area contributed by atoms with E-state index in [2.05, 4.69) is 25.2 Å². The molecule has 29 heavy (non-hydrogen) atoms. The molecule has 3 N–H and O–H groups in total. The molecule has 11 nitrogen and oxygen atoms in total. The molecule has 0 radical (unpaired) electrons. The number of hydrogen-bond donors (Lipinski definition) is 2. The Morgan fingerprint density at radius 3 is 2.59 bits per heavy atom. The van der Waals surface area contributed by atoms with Gasteiger partial charge in [-0.3, -0.25) is 14.2 Å². The van der Waals surface area contributed by atoms with Gasteiger partial charge in [-0.25, -0.2) is 9.78 Å². The van der Waals surface area contributed by atoms with E-state index < -0.39 is 23.9 Å². The summed E-state index contributed by atoms with van der Waals surface area (Å²) in [4.78, 5) is 40.7. The SMILES string of the molecule is COC(=O)CSc1nnc(N)n1C(C)C(=O)Nc1nc(C)c(C(=O)OC(C)C)s1. The van der Waals surface area contributed by atoms with Crippen molar-refractivity contribution in [2.24, 2.45) is 0 Å². The van der Waals surface area contributed by atoms with Gasteiger partial charge in [0.25, 0.3) is 0 Å². The maximum absolute atomic E-state index is 12.7. The van der Waals surface area contributed by atoms with Crippen molar-refractivity contribution < 1.29 is 23.9 Å². The highest BCUT2D eigenvalue weighted by atomic mass is 32.2. The van der Waals surface area contributed by atoms with Crippen molar-refractivity contribution >= 4 is 52.0 Å². The Bertz CT molecular complexity index is 910. The summed E-state index contributed by atoms with van der Waals surface area (Å²) < 4.78 is 11.2. The molecule has 0 saturated carbocycles. The fourth-order valence-electron chi connectivity index (χ4n) is 2.17. The zero-order chi connectivity index (χ0) is 21.7. The van der Waals surface area contributed by atoms with Crippen LogP contribution in [0.15, 0.2) is 5.16 Å². The third-order valence-corrected chi connectivity index (χ3v) is 5.53. The van der Waals surface area contributed by atoms with Crippen LogP contribution in [0.3, 0.4) is 0 Å². The third-order valence-electron chi connectivity index (χ3n) is 3.56. The number of thioether (sulfide) groups is 1. The zero-order valence-corrected chi connectivity index (χ0v) is 18.2. The molecule has 1 unspecified atom stereocenters. The van der Waals surface area contributed by atoms with Crippen LogP contribution in [0.1, 0.15) is 42.2 Å². The lowest BCUT2D eigenvalue weighted by molar-refractivity contribution is -0.137. The number of aryl methyl sites for hydroxylation is 1. The predicted octanol–water partition coefficient (Wildman–Crippen LogP) is 1.66. The van der Waals surface area contributed by atoms with Crippen molar-refractivity contribution in [1.29, 1.82) is 0 Å². The molecule has 158 valence electrons. The molecule has 13 heteroatoms. The highest BCUT2D eigenvalue weighted by Gasteiger charge is 2.25. The van der Waals surface area contributed by atoms with Gasteiger partial charge in [0.15, 0.2) is 10.3 Å². The van der Waals surface area contributed by atoms with E-state index in [1.54, 1.807) is 27.7 Å².